The van der Waals surface area contributed by atoms with Gasteiger partial charge in [0.2, 0.25) is 5.88 Å². The number of carbonyl (C=O) groups excluding carboxylic acids is 1. The Balaban J connectivity index is 1.39. The summed E-state index contributed by atoms with van der Waals surface area (Å²) in [5, 5.41) is 0.880. The van der Waals surface area contributed by atoms with Crippen molar-refractivity contribution < 1.29 is 27.4 Å². The van der Waals surface area contributed by atoms with E-state index in [0.29, 0.717) is 11.4 Å². The van der Waals surface area contributed by atoms with Gasteiger partial charge in [-0.1, -0.05) is 0 Å². The molecule has 6 nitrogen and oxygen atoms in total. The van der Waals surface area contributed by atoms with E-state index in [1.54, 1.807) is 30.2 Å². The summed E-state index contributed by atoms with van der Waals surface area (Å²) in [6.07, 6.45) is -3.80. The number of methoxy groups -OCH3 is 1. The van der Waals surface area contributed by atoms with E-state index < -0.39 is 17.8 Å². The van der Waals surface area contributed by atoms with E-state index in [4.69, 9.17) is 9.47 Å². The zero-order chi connectivity index (χ0) is 19.9. The summed E-state index contributed by atoms with van der Waals surface area (Å²) in [6.45, 7) is 0.547. The minimum Gasteiger partial charge on any atom is -0.497 e. The molecule has 28 heavy (non-hydrogen) atoms. The number of benzene rings is 1. The van der Waals surface area contributed by atoms with Crippen LogP contribution in [-0.4, -0.2) is 47.1 Å². The molecule has 3 aromatic rings. The second-order valence-electron chi connectivity index (χ2n) is 6.47. The maximum Gasteiger partial charge on any atom is 0.416 e. The lowest BCUT2D eigenvalue weighted by Gasteiger charge is -2.38. The van der Waals surface area contributed by atoms with Crippen molar-refractivity contribution in [3.8, 4) is 11.6 Å². The molecule has 0 radical (unpaired) electrons. The molecule has 146 valence electrons. The predicted octanol–water partition coefficient (Wildman–Crippen LogP) is 3.49. The summed E-state index contributed by atoms with van der Waals surface area (Å²) in [6, 6.07) is 8.94. The summed E-state index contributed by atoms with van der Waals surface area (Å²) in [4.78, 5) is 21.0. The van der Waals surface area contributed by atoms with Gasteiger partial charge in [-0.2, -0.15) is 13.2 Å². The number of hydrogen-bond donors (Lipinski definition) is 1. The van der Waals surface area contributed by atoms with E-state index >= 15 is 0 Å². The van der Waals surface area contributed by atoms with E-state index in [-0.39, 0.29) is 24.9 Å². The Labute approximate surface area is 157 Å². The molecule has 1 fully saturated rings. The van der Waals surface area contributed by atoms with Crippen LogP contribution in [0.15, 0.2) is 42.6 Å². The second kappa shape index (κ2) is 6.74. The molecule has 0 unspecified atom stereocenters. The highest BCUT2D eigenvalue weighted by molar-refractivity contribution is 5.98. The molecule has 0 saturated carbocycles. The monoisotopic (exact) mass is 391 g/mol. The van der Waals surface area contributed by atoms with Crippen molar-refractivity contribution >= 4 is 16.8 Å². The quantitative estimate of drug-likeness (QED) is 0.739. The maximum absolute atomic E-state index is 12.7. The first kappa shape index (κ1) is 18.1. The van der Waals surface area contributed by atoms with Gasteiger partial charge in [0.05, 0.1) is 25.8 Å². The van der Waals surface area contributed by atoms with Gasteiger partial charge in [-0.15, -0.1) is 0 Å². The van der Waals surface area contributed by atoms with Crippen molar-refractivity contribution in [1.29, 1.82) is 0 Å². The van der Waals surface area contributed by atoms with Gasteiger partial charge in [0.15, 0.2) is 0 Å². The van der Waals surface area contributed by atoms with Crippen molar-refractivity contribution in [3.63, 3.8) is 0 Å². The number of nitrogens with zero attached hydrogens (tertiary/aromatic N) is 2. The molecule has 4 rings (SSSR count). The fraction of sp³-hybridized carbons (Fsp3) is 0.263. The smallest absolute Gasteiger partial charge is 0.416 e. The van der Waals surface area contributed by atoms with Crippen LogP contribution in [0, 0.1) is 0 Å². The van der Waals surface area contributed by atoms with Crippen LogP contribution in [0.3, 0.4) is 0 Å². The van der Waals surface area contributed by atoms with Crippen molar-refractivity contribution in [2.75, 3.05) is 20.2 Å². The lowest BCUT2D eigenvalue weighted by atomic mass is 10.1. The molecule has 1 aliphatic rings. The van der Waals surface area contributed by atoms with Crippen LogP contribution >= 0.6 is 0 Å². The minimum absolute atomic E-state index is 0.107. The number of fused-ring (bicyclic) bond motifs is 1. The fourth-order valence-electron chi connectivity index (χ4n) is 3.02. The Morgan fingerprint density at radius 3 is 2.71 bits per heavy atom. The van der Waals surface area contributed by atoms with E-state index in [1.807, 2.05) is 6.07 Å². The van der Waals surface area contributed by atoms with E-state index in [1.165, 1.54) is 0 Å². The first-order valence-corrected chi connectivity index (χ1v) is 8.49. The van der Waals surface area contributed by atoms with Crippen molar-refractivity contribution in [3.05, 3.63) is 53.9 Å². The van der Waals surface area contributed by atoms with Gasteiger partial charge in [-0.25, -0.2) is 4.98 Å². The Morgan fingerprint density at radius 2 is 2.00 bits per heavy atom. The highest BCUT2D eigenvalue weighted by Crippen LogP contribution is 2.31. The Kier molecular flexibility index (Phi) is 4.37. The summed E-state index contributed by atoms with van der Waals surface area (Å²) in [5.74, 6) is 0.371. The number of carbonyl (C=O) groups is 1. The number of alkyl halides is 3. The first-order valence-electron chi connectivity index (χ1n) is 8.49. The molecule has 1 saturated heterocycles. The number of ether oxygens (including phenoxy) is 2. The van der Waals surface area contributed by atoms with E-state index in [0.717, 1.165) is 29.2 Å². The molecule has 1 N–H and O–H groups in total. The van der Waals surface area contributed by atoms with Gasteiger partial charge in [-0.05, 0) is 24.3 Å². The van der Waals surface area contributed by atoms with Gasteiger partial charge in [0, 0.05) is 29.2 Å². The zero-order valence-corrected chi connectivity index (χ0v) is 14.8. The number of amides is 1. The normalized spacial score (nSPS) is 14.8. The summed E-state index contributed by atoms with van der Waals surface area (Å²) < 4.78 is 48.9. The zero-order valence-electron chi connectivity index (χ0n) is 14.8. The standard InChI is InChI=1S/C19H16F3N3O3/c1-27-13-3-2-11-6-16(24-15(11)8-13)18(26)25-9-14(10-25)28-17-7-12(4-5-23-17)19(20,21)22/h2-8,14,24H,9-10H2,1H3. The Hall–Kier alpha value is -3.23. The number of aromatic nitrogens is 2. The SMILES string of the molecule is COc1ccc2cc(C(=O)N3CC(Oc4cc(C(F)(F)F)ccn4)C3)[nH]c2c1. The fourth-order valence-corrected chi connectivity index (χ4v) is 3.02. The number of halogens is 3. The summed E-state index contributed by atoms with van der Waals surface area (Å²) >= 11 is 0. The number of nitrogens with one attached hydrogen (secondary N) is 1. The molecular weight excluding hydrogens is 375 g/mol. The Bertz CT molecular complexity index is 1030. The number of pyridine rings is 1. The molecule has 0 bridgehead atoms. The number of H-pyrrole nitrogens is 1. The van der Waals surface area contributed by atoms with Crippen LogP contribution < -0.4 is 9.47 Å². The van der Waals surface area contributed by atoms with E-state index in [9.17, 15) is 18.0 Å². The van der Waals surface area contributed by atoms with Gasteiger partial charge in [0.25, 0.3) is 5.91 Å². The van der Waals surface area contributed by atoms with Gasteiger partial charge in [0.1, 0.15) is 17.5 Å². The molecule has 2 aromatic heterocycles. The molecule has 1 aromatic carbocycles. The van der Waals surface area contributed by atoms with Gasteiger partial charge in [-0.3, -0.25) is 4.79 Å². The van der Waals surface area contributed by atoms with Crippen LogP contribution in [0.25, 0.3) is 10.9 Å². The van der Waals surface area contributed by atoms with Crippen LogP contribution in [0.4, 0.5) is 13.2 Å². The van der Waals surface area contributed by atoms with Crippen LogP contribution in [0.1, 0.15) is 16.1 Å². The highest BCUT2D eigenvalue weighted by Gasteiger charge is 2.35. The van der Waals surface area contributed by atoms with E-state index in [2.05, 4.69) is 9.97 Å². The molecule has 1 amide bonds. The second-order valence-corrected chi connectivity index (χ2v) is 6.47. The van der Waals surface area contributed by atoms with Gasteiger partial charge < -0.3 is 19.4 Å². The molecule has 3 heterocycles. The molecule has 0 spiro atoms. The third-order valence-corrected chi connectivity index (χ3v) is 4.54. The Morgan fingerprint density at radius 1 is 1.21 bits per heavy atom. The van der Waals surface area contributed by atoms with Crippen LogP contribution in [-0.2, 0) is 6.18 Å². The van der Waals surface area contributed by atoms with Crippen molar-refractivity contribution in [1.82, 2.24) is 14.9 Å². The molecular formula is C19H16F3N3O3. The van der Waals surface area contributed by atoms with Gasteiger partial charge >= 0.3 is 6.18 Å². The third-order valence-electron chi connectivity index (χ3n) is 4.54. The summed E-state index contributed by atoms with van der Waals surface area (Å²) in [5.41, 5.74) is 0.390. The lowest BCUT2D eigenvalue weighted by Crippen LogP contribution is -2.56. The maximum atomic E-state index is 12.7. The minimum atomic E-state index is -4.46. The largest absolute Gasteiger partial charge is 0.497 e. The summed E-state index contributed by atoms with van der Waals surface area (Å²) in [7, 11) is 1.57. The molecule has 1 aliphatic heterocycles. The highest BCUT2D eigenvalue weighted by atomic mass is 19.4. The topological polar surface area (TPSA) is 67.4 Å². The lowest BCUT2D eigenvalue weighted by molar-refractivity contribution is -0.137. The number of aromatic amines is 1. The average molecular weight is 391 g/mol. The molecule has 0 atom stereocenters. The van der Waals surface area contributed by atoms with Crippen LogP contribution in [0.5, 0.6) is 11.6 Å². The third kappa shape index (κ3) is 3.47. The first-order chi connectivity index (χ1) is 13.3. The molecule has 0 aliphatic carbocycles. The average Bonchev–Trinajstić information content (AvgIpc) is 3.06. The number of rotatable bonds is 4. The number of hydrogen-bond acceptors (Lipinski definition) is 4. The van der Waals surface area contributed by atoms with Crippen molar-refractivity contribution in [2.24, 2.45) is 0 Å². The predicted molar refractivity (Wildman–Crippen MR) is 94.4 cm³/mol. The van der Waals surface area contributed by atoms with Crippen molar-refractivity contribution in [2.45, 2.75) is 12.3 Å². The molecule has 9 heteroatoms. The van der Waals surface area contributed by atoms with Crippen LogP contribution in [0.2, 0.25) is 0 Å². The number of likely N-dealkylation sites (tertiary alicyclic amines) is 1.